The Hall–Kier alpha value is -3.47. The summed E-state index contributed by atoms with van der Waals surface area (Å²) in [5, 5.41) is 2.95. The Kier molecular flexibility index (Phi) is 4.42. The van der Waals surface area contributed by atoms with Crippen molar-refractivity contribution >= 4 is 11.8 Å². The van der Waals surface area contributed by atoms with Gasteiger partial charge >= 0.3 is 0 Å². The molecule has 1 atom stereocenters. The van der Waals surface area contributed by atoms with Crippen molar-refractivity contribution in [2.75, 3.05) is 13.6 Å². The predicted molar refractivity (Wildman–Crippen MR) is 103 cm³/mol. The first-order valence-electron chi connectivity index (χ1n) is 8.80. The number of nitrogens with one attached hydrogen (secondary N) is 1. The standard InChI is InChI=1S/C22H19N3O2/c1-25-20(18-4-2-3-5-19(18)22(25)27)14-24-21(26)17-8-6-15(7-9-17)16-10-12-23-13-11-16/h2-13,20H,14H2,1H3,(H,24,26). The molecule has 0 fully saturated rings. The van der Waals surface area contributed by atoms with Crippen molar-refractivity contribution in [1.82, 2.24) is 15.2 Å². The number of nitrogens with zero attached hydrogens (tertiary/aromatic N) is 2. The number of hydrogen-bond donors (Lipinski definition) is 1. The van der Waals surface area contributed by atoms with Gasteiger partial charge in [0.25, 0.3) is 11.8 Å². The van der Waals surface area contributed by atoms with Gasteiger partial charge in [-0.2, -0.15) is 0 Å². The van der Waals surface area contributed by atoms with E-state index in [0.29, 0.717) is 17.7 Å². The quantitative estimate of drug-likeness (QED) is 0.779. The van der Waals surface area contributed by atoms with Gasteiger partial charge < -0.3 is 10.2 Å². The van der Waals surface area contributed by atoms with Gasteiger partial charge in [-0.3, -0.25) is 14.6 Å². The molecule has 5 nitrogen and oxygen atoms in total. The van der Waals surface area contributed by atoms with E-state index >= 15 is 0 Å². The van der Waals surface area contributed by atoms with Crippen LogP contribution in [0.15, 0.2) is 73.1 Å². The minimum atomic E-state index is -0.151. The van der Waals surface area contributed by atoms with Crippen LogP contribution in [0.25, 0.3) is 11.1 Å². The Bertz CT molecular complexity index is 984. The van der Waals surface area contributed by atoms with E-state index in [9.17, 15) is 9.59 Å². The lowest BCUT2D eigenvalue weighted by atomic mass is 10.0. The highest BCUT2D eigenvalue weighted by Crippen LogP contribution is 2.31. The van der Waals surface area contributed by atoms with Crippen LogP contribution in [-0.2, 0) is 0 Å². The van der Waals surface area contributed by atoms with Gasteiger partial charge in [0.1, 0.15) is 0 Å². The summed E-state index contributed by atoms with van der Waals surface area (Å²) >= 11 is 0. The fourth-order valence-corrected chi connectivity index (χ4v) is 3.42. The Morgan fingerprint density at radius 2 is 1.67 bits per heavy atom. The maximum Gasteiger partial charge on any atom is 0.254 e. The number of carbonyl (C=O) groups excluding carboxylic acids is 2. The molecule has 0 radical (unpaired) electrons. The molecule has 3 aromatic rings. The summed E-state index contributed by atoms with van der Waals surface area (Å²) in [6.45, 7) is 0.379. The first-order valence-corrected chi connectivity index (χ1v) is 8.80. The largest absolute Gasteiger partial charge is 0.350 e. The van der Waals surface area contributed by atoms with E-state index in [1.807, 2.05) is 60.7 Å². The van der Waals surface area contributed by atoms with Crippen LogP contribution >= 0.6 is 0 Å². The van der Waals surface area contributed by atoms with Crippen LogP contribution in [0.3, 0.4) is 0 Å². The molecule has 0 saturated heterocycles. The molecule has 0 spiro atoms. The Morgan fingerprint density at radius 3 is 2.41 bits per heavy atom. The van der Waals surface area contributed by atoms with Crippen molar-refractivity contribution in [3.63, 3.8) is 0 Å². The third-order valence-electron chi connectivity index (χ3n) is 4.95. The second kappa shape index (κ2) is 7.03. The highest BCUT2D eigenvalue weighted by atomic mass is 16.2. The van der Waals surface area contributed by atoms with E-state index in [2.05, 4.69) is 10.3 Å². The number of rotatable bonds is 4. The van der Waals surface area contributed by atoms with Crippen molar-refractivity contribution in [3.8, 4) is 11.1 Å². The zero-order chi connectivity index (χ0) is 18.8. The molecular weight excluding hydrogens is 338 g/mol. The summed E-state index contributed by atoms with van der Waals surface area (Å²) in [5.41, 5.74) is 4.34. The molecule has 4 rings (SSSR count). The fourth-order valence-electron chi connectivity index (χ4n) is 3.42. The molecule has 1 N–H and O–H groups in total. The van der Waals surface area contributed by atoms with Crippen LogP contribution in [0.5, 0.6) is 0 Å². The fraction of sp³-hybridized carbons (Fsp3) is 0.136. The summed E-state index contributed by atoms with van der Waals surface area (Å²) in [5.74, 6) is -0.159. The normalized spacial score (nSPS) is 15.5. The van der Waals surface area contributed by atoms with Gasteiger partial charge in [0, 0.05) is 37.1 Å². The lowest BCUT2D eigenvalue weighted by Crippen LogP contribution is -2.34. The summed E-state index contributed by atoms with van der Waals surface area (Å²) in [6.07, 6.45) is 3.49. The van der Waals surface area contributed by atoms with Gasteiger partial charge in [-0.15, -0.1) is 0 Å². The van der Waals surface area contributed by atoms with Crippen LogP contribution in [0.1, 0.15) is 32.3 Å². The zero-order valence-corrected chi connectivity index (χ0v) is 14.9. The third kappa shape index (κ3) is 3.19. The van der Waals surface area contributed by atoms with Crippen LogP contribution < -0.4 is 5.32 Å². The van der Waals surface area contributed by atoms with Crippen molar-refractivity contribution in [3.05, 3.63) is 89.7 Å². The van der Waals surface area contributed by atoms with Crippen LogP contribution in [0.2, 0.25) is 0 Å². The maximum atomic E-state index is 12.5. The average molecular weight is 357 g/mol. The number of hydrogen-bond acceptors (Lipinski definition) is 3. The number of carbonyl (C=O) groups is 2. The van der Waals surface area contributed by atoms with E-state index in [4.69, 9.17) is 0 Å². The van der Waals surface area contributed by atoms with Gasteiger partial charge in [0.05, 0.1) is 6.04 Å². The molecule has 1 aliphatic heterocycles. The zero-order valence-electron chi connectivity index (χ0n) is 14.9. The second-order valence-corrected chi connectivity index (χ2v) is 6.54. The summed E-state index contributed by atoms with van der Waals surface area (Å²) in [7, 11) is 1.77. The number of aromatic nitrogens is 1. The van der Waals surface area contributed by atoms with Gasteiger partial charge in [-0.05, 0) is 47.0 Å². The smallest absolute Gasteiger partial charge is 0.254 e. The number of likely N-dealkylation sites (N-methyl/N-ethyl adjacent to an activating group) is 1. The molecule has 2 amide bonds. The van der Waals surface area contributed by atoms with Gasteiger partial charge in [-0.1, -0.05) is 30.3 Å². The average Bonchev–Trinajstić information content (AvgIpc) is 2.97. The molecule has 0 saturated carbocycles. The van der Waals surface area contributed by atoms with E-state index < -0.39 is 0 Å². The highest BCUT2D eigenvalue weighted by Gasteiger charge is 2.33. The molecule has 5 heteroatoms. The minimum absolute atomic E-state index is 0.00782. The van der Waals surface area contributed by atoms with E-state index in [1.54, 1.807) is 24.3 Å². The molecule has 134 valence electrons. The lowest BCUT2D eigenvalue weighted by Gasteiger charge is -2.21. The van der Waals surface area contributed by atoms with Crippen molar-refractivity contribution in [1.29, 1.82) is 0 Å². The Labute approximate surface area is 157 Å². The van der Waals surface area contributed by atoms with E-state index in [-0.39, 0.29) is 17.9 Å². The molecule has 1 unspecified atom stereocenters. The number of amides is 2. The molecule has 2 aromatic carbocycles. The monoisotopic (exact) mass is 357 g/mol. The minimum Gasteiger partial charge on any atom is -0.350 e. The molecule has 2 heterocycles. The Morgan fingerprint density at radius 1 is 1.00 bits per heavy atom. The van der Waals surface area contributed by atoms with Crippen LogP contribution in [0, 0.1) is 0 Å². The van der Waals surface area contributed by atoms with E-state index in [1.165, 1.54) is 0 Å². The van der Waals surface area contributed by atoms with Crippen molar-refractivity contribution in [2.24, 2.45) is 0 Å². The molecule has 27 heavy (non-hydrogen) atoms. The molecule has 0 bridgehead atoms. The summed E-state index contributed by atoms with van der Waals surface area (Å²) in [6, 6.07) is 18.7. The predicted octanol–water partition coefficient (Wildman–Crippen LogP) is 3.31. The van der Waals surface area contributed by atoms with Gasteiger partial charge in [-0.25, -0.2) is 0 Å². The van der Waals surface area contributed by atoms with Crippen LogP contribution in [0.4, 0.5) is 0 Å². The summed E-state index contributed by atoms with van der Waals surface area (Å²) < 4.78 is 0. The van der Waals surface area contributed by atoms with E-state index in [0.717, 1.165) is 16.7 Å². The number of pyridine rings is 1. The van der Waals surface area contributed by atoms with Crippen molar-refractivity contribution in [2.45, 2.75) is 6.04 Å². The molecule has 0 aliphatic carbocycles. The Balaban J connectivity index is 1.45. The van der Waals surface area contributed by atoms with Gasteiger partial charge in [0.15, 0.2) is 0 Å². The lowest BCUT2D eigenvalue weighted by molar-refractivity contribution is 0.0761. The maximum absolute atomic E-state index is 12.5. The van der Waals surface area contributed by atoms with Crippen LogP contribution in [-0.4, -0.2) is 35.3 Å². The number of benzene rings is 2. The molecule has 1 aromatic heterocycles. The second-order valence-electron chi connectivity index (χ2n) is 6.54. The van der Waals surface area contributed by atoms with Crippen molar-refractivity contribution < 1.29 is 9.59 Å². The van der Waals surface area contributed by atoms with Gasteiger partial charge in [0.2, 0.25) is 0 Å². The first kappa shape index (κ1) is 17.0. The number of fused-ring (bicyclic) bond motifs is 1. The third-order valence-corrected chi connectivity index (χ3v) is 4.95. The summed E-state index contributed by atoms with van der Waals surface area (Å²) in [4.78, 5) is 30.5. The topological polar surface area (TPSA) is 62.3 Å². The molecule has 1 aliphatic rings. The SMILES string of the molecule is CN1C(=O)c2ccccc2C1CNC(=O)c1ccc(-c2ccncc2)cc1. The highest BCUT2D eigenvalue weighted by molar-refractivity contribution is 5.99. The molecular formula is C22H19N3O2. The first-order chi connectivity index (χ1) is 13.1.